The van der Waals surface area contributed by atoms with E-state index in [1.807, 2.05) is 64.1 Å². The molecule has 1 aliphatic rings. The lowest BCUT2D eigenvalue weighted by Gasteiger charge is -2.37. The van der Waals surface area contributed by atoms with E-state index >= 15 is 0 Å². The molecular weight excluding hydrogens is 785 g/mol. The summed E-state index contributed by atoms with van der Waals surface area (Å²) in [4.78, 5) is 81.5. The van der Waals surface area contributed by atoms with E-state index in [0.717, 1.165) is 43.2 Å². The molecule has 0 bridgehead atoms. The molecule has 1 aliphatic carbocycles. The van der Waals surface area contributed by atoms with Crippen molar-refractivity contribution in [3.05, 3.63) is 126 Å². The Balaban J connectivity index is 1.45. The zero-order valence-corrected chi connectivity index (χ0v) is 36.4. The van der Waals surface area contributed by atoms with Gasteiger partial charge in [-0.15, -0.1) is 0 Å². The summed E-state index contributed by atoms with van der Waals surface area (Å²) in [5, 5.41) is 10.8. The normalized spacial score (nSPS) is 15.0. The van der Waals surface area contributed by atoms with Gasteiger partial charge in [-0.2, -0.15) is 0 Å². The molecular formula is C48H62N8O6. The van der Waals surface area contributed by atoms with Gasteiger partial charge < -0.3 is 20.7 Å². The van der Waals surface area contributed by atoms with E-state index in [1.165, 1.54) is 0 Å². The molecule has 3 heterocycles. The topological polar surface area (TPSA) is 185 Å². The maximum absolute atomic E-state index is 14.4. The third-order valence-electron chi connectivity index (χ3n) is 11.0. The molecule has 4 aromatic rings. The third kappa shape index (κ3) is 15.8. The average molecular weight is 847 g/mol. The molecule has 1 fully saturated rings. The summed E-state index contributed by atoms with van der Waals surface area (Å²) in [7, 11) is 0. The highest BCUT2D eigenvalue weighted by Crippen LogP contribution is 2.25. The second-order valence-electron chi connectivity index (χ2n) is 16.9. The zero-order valence-electron chi connectivity index (χ0n) is 36.4. The second kappa shape index (κ2) is 24.4. The fraction of sp³-hybridized carbons (Fsp3) is 0.458. The van der Waals surface area contributed by atoms with Crippen LogP contribution in [0, 0.1) is 17.8 Å². The van der Waals surface area contributed by atoms with Gasteiger partial charge in [0.25, 0.3) is 5.91 Å². The van der Waals surface area contributed by atoms with E-state index < -0.39 is 42.0 Å². The Morgan fingerprint density at radius 2 is 1.19 bits per heavy atom. The number of benzene rings is 1. The predicted molar refractivity (Wildman–Crippen MR) is 236 cm³/mol. The fourth-order valence-electron chi connectivity index (χ4n) is 7.73. The van der Waals surface area contributed by atoms with Crippen molar-refractivity contribution in [2.45, 2.75) is 110 Å². The van der Waals surface area contributed by atoms with E-state index in [9.17, 15) is 24.0 Å². The molecule has 1 aromatic carbocycles. The lowest BCUT2D eigenvalue weighted by atomic mass is 9.89. The van der Waals surface area contributed by atoms with Crippen molar-refractivity contribution in [3.63, 3.8) is 0 Å². The Morgan fingerprint density at radius 1 is 0.629 bits per heavy atom. The highest BCUT2D eigenvalue weighted by atomic mass is 16.5. The van der Waals surface area contributed by atoms with Crippen molar-refractivity contribution in [1.82, 2.24) is 41.3 Å². The monoisotopic (exact) mass is 846 g/mol. The molecule has 2 unspecified atom stereocenters. The van der Waals surface area contributed by atoms with Crippen LogP contribution in [0.3, 0.4) is 0 Å². The van der Waals surface area contributed by atoms with Gasteiger partial charge in [-0.05, 0) is 83.5 Å². The minimum Gasteiger partial charge on any atom is -0.458 e. The molecule has 5 rings (SSSR count). The van der Waals surface area contributed by atoms with Gasteiger partial charge in [0.15, 0.2) is 0 Å². The van der Waals surface area contributed by atoms with Crippen molar-refractivity contribution in [2.75, 3.05) is 13.1 Å². The van der Waals surface area contributed by atoms with Crippen LogP contribution in [0.4, 0.5) is 0 Å². The Bertz CT molecular complexity index is 2000. The number of carbonyl (C=O) groups is 5. The summed E-state index contributed by atoms with van der Waals surface area (Å²) in [6, 6.07) is 17.6. The van der Waals surface area contributed by atoms with Gasteiger partial charge in [0.1, 0.15) is 18.2 Å². The summed E-state index contributed by atoms with van der Waals surface area (Å²) < 4.78 is 6.39. The van der Waals surface area contributed by atoms with Crippen LogP contribution < -0.4 is 21.4 Å². The van der Waals surface area contributed by atoms with Crippen LogP contribution in [-0.2, 0) is 54.4 Å². The maximum Gasteiger partial charge on any atom is 0.310 e. The Kier molecular flexibility index (Phi) is 18.5. The van der Waals surface area contributed by atoms with E-state index in [4.69, 9.17) is 4.74 Å². The van der Waals surface area contributed by atoms with Gasteiger partial charge in [0.05, 0.1) is 31.8 Å². The molecule has 0 saturated heterocycles. The summed E-state index contributed by atoms with van der Waals surface area (Å²) >= 11 is 0. The van der Waals surface area contributed by atoms with Crippen LogP contribution in [0.5, 0.6) is 0 Å². The molecule has 0 radical (unpaired) electrons. The minimum absolute atomic E-state index is 0.0241. The molecule has 14 nitrogen and oxygen atoms in total. The van der Waals surface area contributed by atoms with Crippen molar-refractivity contribution >= 4 is 29.6 Å². The molecule has 4 N–H and O–H groups in total. The molecule has 4 amide bonds. The zero-order chi connectivity index (χ0) is 44.3. The molecule has 0 spiro atoms. The summed E-state index contributed by atoms with van der Waals surface area (Å²) in [5.41, 5.74) is 6.15. The van der Waals surface area contributed by atoms with Gasteiger partial charge in [-0.1, -0.05) is 89.4 Å². The molecule has 330 valence electrons. The number of rotatable bonds is 22. The van der Waals surface area contributed by atoms with Crippen molar-refractivity contribution in [3.8, 4) is 0 Å². The van der Waals surface area contributed by atoms with Gasteiger partial charge in [0, 0.05) is 43.7 Å². The number of carbonyl (C=O) groups excluding carboxylic acids is 5. The first-order valence-electron chi connectivity index (χ1n) is 21.8. The molecule has 1 saturated carbocycles. The third-order valence-corrected chi connectivity index (χ3v) is 11.0. The number of hydrazine groups is 1. The Morgan fingerprint density at radius 3 is 1.74 bits per heavy atom. The quantitative estimate of drug-likeness (QED) is 0.0637. The molecule has 4 atom stereocenters. The summed E-state index contributed by atoms with van der Waals surface area (Å²) in [5.74, 6) is -2.31. The van der Waals surface area contributed by atoms with Crippen LogP contribution >= 0.6 is 0 Å². The number of esters is 1. The van der Waals surface area contributed by atoms with Crippen molar-refractivity contribution in [2.24, 2.45) is 17.8 Å². The number of hydrogen-bond acceptors (Lipinski definition) is 10. The Hall–Kier alpha value is -6.02. The van der Waals surface area contributed by atoms with Gasteiger partial charge in [0.2, 0.25) is 17.7 Å². The van der Waals surface area contributed by atoms with E-state index in [2.05, 4.69) is 36.3 Å². The number of pyridine rings is 3. The predicted octanol–water partition coefficient (Wildman–Crippen LogP) is 4.73. The standard InChI is InChI=1S/C48H62N8O6/c1-33(2)45(53-42(57)26-38-17-11-21-50-29-38)47(60)52-40(25-35-13-7-5-8-14-35)41(62-44(59)28-36-19-23-49-24-20-36)32-56(31-37-15-9-6-10-16-37)55-48(61)46(34(3)4)54-43(58)27-39-18-12-22-51-30-39/h5,7-8,11-14,17-24,29-30,33-34,37,40-41,45-46H,6,9-10,15-16,25-28,31-32H2,1-4H3,(H,52,60)(H,53,57)(H,54,58)(H,55,61)/t40?,41?,45-,46-/m0/s1. The highest BCUT2D eigenvalue weighted by Gasteiger charge is 2.35. The maximum atomic E-state index is 14.4. The number of nitrogens with zero attached hydrogens (tertiary/aromatic N) is 4. The van der Waals surface area contributed by atoms with Crippen molar-refractivity contribution < 1.29 is 28.7 Å². The van der Waals surface area contributed by atoms with Gasteiger partial charge in [-0.25, -0.2) is 5.01 Å². The SMILES string of the molecule is CC(C)[C@H](NC(=O)Cc1cccnc1)C(=O)NC(Cc1ccccc1)C(CN(CC1CCCCC1)NC(=O)[C@@H](NC(=O)Cc1cccnc1)C(C)C)OC(=O)Cc1ccncc1. The van der Waals surface area contributed by atoms with Crippen molar-refractivity contribution in [1.29, 1.82) is 0 Å². The van der Waals surface area contributed by atoms with Crippen LogP contribution in [0.2, 0.25) is 0 Å². The molecule has 14 heteroatoms. The second-order valence-corrected chi connectivity index (χ2v) is 16.9. The number of ether oxygens (including phenoxy) is 1. The van der Waals surface area contributed by atoms with Crippen LogP contribution in [0.25, 0.3) is 0 Å². The number of nitrogens with one attached hydrogen (secondary N) is 4. The highest BCUT2D eigenvalue weighted by molar-refractivity contribution is 5.89. The summed E-state index contributed by atoms with van der Waals surface area (Å²) in [6.07, 6.45) is 14.3. The molecule has 0 aliphatic heterocycles. The van der Waals surface area contributed by atoms with E-state index in [-0.39, 0.29) is 61.8 Å². The lowest BCUT2D eigenvalue weighted by Crippen LogP contribution is -2.60. The van der Waals surface area contributed by atoms with Crippen LogP contribution in [0.1, 0.15) is 82.1 Å². The lowest BCUT2D eigenvalue weighted by molar-refractivity contribution is -0.153. The van der Waals surface area contributed by atoms with Gasteiger partial charge >= 0.3 is 5.97 Å². The van der Waals surface area contributed by atoms with Crippen LogP contribution in [0.15, 0.2) is 104 Å². The van der Waals surface area contributed by atoms with E-state index in [1.54, 1.807) is 72.5 Å². The Labute approximate surface area is 365 Å². The number of amides is 4. The van der Waals surface area contributed by atoms with Crippen LogP contribution in [-0.4, -0.2) is 86.9 Å². The van der Waals surface area contributed by atoms with Gasteiger partial charge in [-0.3, -0.25) is 44.4 Å². The smallest absolute Gasteiger partial charge is 0.310 e. The van der Waals surface area contributed by atoms with E-state index in [0.29, 0.717) is 17.7 Å². The first-order valence-corrected chi connectivity index (χ1v) is 21.8. The fourth-order valence-corrected chi connectivity index (χ4v) is 7.73. The minimum atomic E-state index is -0.978. The number of aromatic nitrogens is 3. The molecule has 3 aromatic heterocycles. The first-order chi connectivity index (χ1) is 29.9. The number of hydrogen-bond donors (Lipinski definition) is 4. The first kappa shape index (κ1) is 47.0. The average Bonchev–Trinajstić information content (AvgIpc) is 3.25. The molecule has 62 heavy (non-hydrogen) atoms. The largest absolute Gasteiger partial charge is 0.458 e. The summed E-state index contributed by atoms with van der Waals surface area (Å²) in [6.45, 7) is 7.94.